The van der Waals surface area contributed by atoms with Crippen LogP contribution in [-0.2, 0) is 56.4 Å². The van der Waals surface area contributed by atoms with E-state index in [9.17, 15) is 26.4 Å². The van der Waals surface area contributed by atoms with Crippen molar-refractivity contribution in [3.05, 3.63) is 204 Å². The van der Waals surface area contributed by atoms with Gasteiger partial charge in [0.2, 0.25) is 0 Å². The first kappa shape index (κ1) is 64.0. The summed E-state index contributed by atoms with van der Waals surface area (Å²) >= 11 is 0. The number of carbonyl (C=O) groups is 2. The summed E-state index contributed by atoms with van der Waals surface area (Å²) in [5.74, 6) is 3.37. The first-order valence-corrected chi connectivity index (χ1v) is 33.8. The van der Waals surface area contributed by atoms with Crippen LogP contribution in [0.4, 0.5) is 32.6 Å². The number of amides is 4. The van der Waals surface area contributed by atoms with E-state index in [4.69, 9.17) is 19.7 Å². The van der Waals surface area contributed by atoms with Crippen LogP contribution in [0.5, 0.6) is 11.5 Å². The van der Waals surface area contributed by atoms with Crippen LogP contribution in [0.25, 0.3) is 22.1 Å². The maximum absolute atomic E-state index is 13.5. The van der Waals surface area contributed by atoms with Crippen LogP contribution in [0.3, 0.4) is 0 Å². The molecule has 0 saturated carbocycles. The van der Waals surface area contributed by atoms with Crippen molar-refractivity contribution in [2.24, 2.45) is 0 Å². The second-order valence-electron chi connectivity index (χ2n) is 24.6. The van der Waals surface area contributed by atoms with Crippen molar-refractivity contribution in [3.63, 3.8) is 0 Å². The Hall–Kier alpha value is -8.96. The average molecular weight is 1260 g/mol. The molecule has 20 nitrogen and oxygen atoms in total. The van der Waals surface area contributed by atoms with E-state index in [2.05, 4.69) is 82.6 Å². The van der Waals surface area contributed by atoms with E-state index in [0.717, 1.165) is 80.1 Å². The summed E-state index contributed by atoms with van der Waals surface area (Å²) in [5, 5.41) is 23.3. The predicted molar refractivity (Wildman–Crippen MR) is 355 cm³/mol. The van der Waals surface area contributed by atoms with Gasteiger partial charge in [-0.2, -0.15) is 10.2 Å². The first-order chi connectivity index (χ1) is 43.1. The van der Waals surface area contributed by atoms with Gasteiger partial charge in [-0.05, 0) is 95.1 Å². The van der Waals surface area contributed by atoms with Crippen molar-refractivity contribution < 1.29 is 35.9 Å². The highest BCUT2D eigenvalue weighted by Gasteiger charge is 2.26. The minimum Gasteiger partial charge on any atom is -0.493 e. The van der Waals surface area contributed by atoms with Crippen molar-refractivity contribution in [2.45, 2.75) is 78.3 Å². The number of aromatic nitrogens is 6. The molecule has 2 aliphatic rings. The number of benzene rings is 5. The Morgan fingerprint density at radius 2 is 0.944 bits per heavy atom. The molecule has 5 aromatic carbocycles. The third kappa shape index (κ3) is 17.7. The lowest BCUT2D eigenvalue weighted by molar-refractivity contribution is 0.261. The summed E-state index contributed by atoms with van der Waals surface area (Å²) in [5.41, 5.74) is 8.51. The lowest BCUT2D eigenvalue weighted by atomic mass is 9.92. The Bertz CT molecular complexity index is 4110. The van der Waals surface area contributed by atoms with Gasteiger partial charge in [-0.3, -0.25) is 30.4 Å². The van der Waals surface area contributed by atoms with E-state index in [1.54, 1.807) is 33.9 Å². The zero-order valence-corrected chi connectivity index (χ0v) is 53.4. The number of rotatable bonds is 18. The monoisotopic (exact) mass is 1250 g/mol. The molecule has 2 fully saturated rings. The van der Waals surface area contributed by atoms with E-state index in [-0.39, 0.29) is 39.9 Å². The van der Waals surface area contributed by atoms with Gasteiger partial charge in [0, 0.05) is 116 Å². The number of nitrogens with one attached hydrogen (secondary N) is 4. The van der Waals surface area contributed by atoms with Gasteiger partial charge >= 0.3 is 12.1 Å². The van der Waals surface area contributed by atoms with Crippen molar-refractivity contribution in [1.82, 2.24) is 39.3 Å². The molecule has 0 radical (unpaired) electrons. The number of nitrogens with zero attached hydrogens (tertiary/aromatic N) is 8. The summed E-state index contributed by atoms with van der Waals surface area (Å²) in [6.07, 6.45) is 8.67. The molecule has 22 heteroatoms. The number of fused-ring (bicyclic) bond motifs is 1. The van der Waals surface area contributed by atoms with Gasteiger partial charge in [-0.25, -0.2) is 35.8 Å². The molecule has 0 aliphatic carbocycles. The van der Waals surface area contributed by atoms with Gasteiger partial charge < -0.3 is 20.1 Å². The lowest BCUT2D eigenvalue weighted by Crippen LogP contribution is -2.39. The van der Waals surface area contributed by atoms with Crippen molar-refractivity contribution in [3.8, 4) is 22.9 Å². The number of ether oxygens (including phenoxy) is 2. The Balaban J connectivity index is 0.000000199. The van der Waals surface area contributed by atoms with Crippen LogP contribution in [0.2, 0.25) is 0 Å². The number of pyridine rings is 2. The van der Waals surface area contributed by atoms with Crippen LogP contribution in [-0.4, -0.2) is 131 Å². The van der Waals surface area contributed by atoms with Gasteiger partial charge in [-0.1, -0.05) is 102 Å². The van der Waals surface area contributed by atoms with Crippen LogP contribution < -0.4 is 30.7 Å². The molecular formula is C68H78N12O8S2. The van der Waals surface area contributed by atoms with Crippen molar-refractivity contribution in [1.29, 1.82) is 0 Å². The number of sulfone groups is 2. The number of hydrogen-bond acceptors (Lipinski definition) is 14. The van der Waals surface area contributed by atoms with Crippen molar-refractivity contribution in [2.75, 3.05) is 83.7 Å². The Morgan fingerprint density at radius 1 is 0.489 bits per heavy atom. The van der Waals surface area contributed by atoms with E-state index >= 15 is 0 Å². The van der Waals surface area contributed by atoms with Gasteiger partial charge in [0.25, 0.3) is 0 Å². The molecule has 9 aromatic rings. The molecule has 6 heterocycles. The highest BCUT2D eigenvalue weighted by atomic mass is 32.2. The molecule has 4 aromatic heterocycles. The Morgan fingerprint density at radius 3 is 1.40 bits per heavy atom. The molecular weight excluding hydrogens is 1180 g/mol. The smallest absolute Gasteiger partial charge is 0.324 e. The highest BCUT2D eigenvalue weighted by molar-refractivity contribution is 7.91. The largest absolute Gasteiger partial charge is 0.493 e. The van der Waals surface area contributed by atoms with E-state index < -0.39 is 25.7 Å². The molecule has 11 rings (SSSR count). The zero-order chi connectivity index (χ0) is 63.5. The quantitative estimate of drug-likeness (QED) is 0.0625. The number of carbonyl (C=O) groups excluding carboxylic acids is 2. The summed E-state index contributed by atoms with van der Waals surface area (Å²) < 4.78 is 62.5. The maximum atomic E-state index is 13.5. The molecule has 0 bridgehead atoms. The topological polar surface area (TPSA) is 237 Å². The number of urea groups is 2. The standard InChI is InChI=1S/C36H40N6O4S.C32H38N6O4S/c1-36(2,3)33-23-34(42(40-33)28-12-10-27(11-13-28)25-41-18-21-47(44,45)22-19-41)39-35(43)38-31-14-15-32(30-9-5-4-8-29(30)31)46-20-16-26-7-6-17-37-24-26;1-32(2,3)29-21-30(38(36-29)27-10-6-25(7-11-27)23-37-16-19-43(40,41)20-17-37)35-31(39)34-26-8-12-28(13-9-26)42-18-14-24-5-4-15-33-22-24/h4-15,17,23-24H,16,18-22,25H2,1-3H3,(H2,38,39,43);4-13,15,21-22H,14,16-20,23H2,1-3H3,(H2,34,35,39). The molecule has 4 N–H and O–H groups in total. The van der Waals surface area contributed by atoms with Crippen LogP contribution >= 0.6 is 0 Å². The predicted octanol–water partition coefficient (Wildman–Crippen LogP) is 11.3. The minimum atomic E-state index is -2.92. The maximum Gasteiger partial charge on any atom is 0.324 e. The SMILES string of the molecule is CC(C)(C)c1cc(NC(=O)Nc2ccc(OCCc3cccnc3)c3ccccc23)n(-c2ccc(CN3CCS(=O)(=O)CC3)cc2)n1.CC(C)(C)c1cc(NC(=O)Nc2ccc(OCCc3cccnc3)cc2)n(-c2ccc(CN3CCS(=O)(=O)CC3)cc2)n1. The Labute approximate surface area is 526 Å². The normalized spacial score (nSPS) is 15.0. The fourth-order valence-electron chi connectivity index (χ4n) is 10.2. The third-order valence-electron chi connectivity index (χ3n) is 15.5. The van der Waals surface area contributed by atoms with Crippen molar-refractivity contribution >= 4 is 65.5 Å². The van der Waals surface area contributed by atoms with Gasteiger partial charge in [0.1, 0.15) is 23.1 Å². The van der Waals surface area contributed by atoms with Gasteiger partial charge in [0.05, 0.1) is 64.7 Å². The summed E-state index contributed by atoms with van der Waals surface area (Å²) in [6.45, 7) is 17.0. The van der Waals surface area contributed by atoms with Crippen LogP contribution in [0.1, 0.15) is 75.2 Å². The number of anilines is 4. The summed E-state index contributed by atoms with van der Waals surface area (Å²) in [4.78, 5) is 39.1. The lowest BCUT2D eigenvalue weighted by Gasteiger charge is -2.26. The Kier molecular flexibility index (Phi) is 20.1. The molecule has 0 atom stereocenters. The minimum absolute atomic E-state index is 0.200. The molecule has 4 amide bonds. The molecule has 2 aliphatic heterocycles. The first-order valence-electron chi connectivity index (χ1n) is 30.1. The molecule has 2 saturated heterocycles. The third-order valence-corrected chi connectivity index (χ3v) is 18.7. The molecule has 90 heavy (non-hydrogen) atoms. The fourth-order valence-corrected chi connectivity index (χ4v) is 12.8. The zero-order valence-electron chi connectivity index (χ0n) is 51.7. The second-order valence-corrected chi connectivity index (χ2v) is 29.2. The molecule has 0 spiro atoms. The van der Waals surface area contributed by atoms with E-state index in [1.807, 2.05) is 146 Å². The summed E-state index contributed by atoms with van der Waals surface area (Å²) in [6, 6.07) is 45.6. The summed E-state index contributed by atoms with van der Waals surface area (Å²) in [7, 11) is -5.83. The van der Waals surface area contributed by atoms with Gasteiger partial charge in [-0.15, -0.1) is 0 Å². The molecule has 470 valence electrons. The second kappa shape index (κ2) is 28.3. The van der Waals surface area contributed by atoms with Crippen LogP contribution in [0, 0.1) is 0 Å². The highest BCUT2D eigenvalue weighted by Crippen LogP contribution is 2.33. The van der Waals surface area contributed by atoms with Gasteiger partial charge in [0.15, 0.2) is 19.7 Å². The average Bonchev–Trinajstić information content (AvgIpc) is 2.15. The van der Waals surface area contributed by atoms with E-state index in [0.29, 0.717) is 75.5 Å². The van der Waals surface area contributed by atoms with E-state index in [1.165, 1.54) is 0 Å². The fraction of sp³-hybridized carbons (Fsp3) is 0.324. The number of hydrogen-bond donors (Lipinski definition) is 4. The molecule has 0 unspecified atom stereocenters. The van der Waals surface area contributed by atoms with Crippen LogP contribution in [0.15, 0.2) is 170 Å².